The second kappa shape index (κ2) is 5.67. The first-order chi connectivity index (χ1) is 8.20. The third-order valence-electron chi connectivity index (χ3n) is 3.48. The van der Waals surface area contributed by atoms with Gasteiger partial charge in [-0.2, -0.15) is 0 Å². The topological polar surface area (TPSA) is 29.1 Å². The number of nitrogens with one attached hydrogen (secondary N) is 1. The van der Waals surface area contributed by atoms with Crippen LogP contribution in [-0.2, 0) is 17.2 Å². The molecule has 1 heterocycles. The van der Waals surface area contributed by atoms with Gasteiger partial charge >= 0.3 is 0 Å². The van der Waals surface area contributed by atoms with Crippen molar-refractivity contribution >= 4 is 16.5 Å². The lowest BCUT2D eigenvalue weighted by atomic mass is 10.0. The fraction of sp³-hybridized carbons (Fsp3) is 0.571. The summed E-state index contributed by atoms with van der Waals surface area (Å²) in [5.41, 5.74) is 4.00. The molecule has 2 nitrogen and oxygen atoms in total. The molecule has 1 fully saturated rings. The van der Waals surface area contributed by atoms with Crippen molar-refractivity contribution < 1.29 is 4.21 Å². The van der Waals surface area contributed by atoms with E-state index in [-0.39, 0.29) is 0 Å². The Bertz CT molecular complexity index is 407. The Kier molecular flexibility index (Phi) is 4.21. The van der Waals surface area contributed by atoms with Crippen LogP contribution in [0.4, 0.5) is 5.69 Å². The van der Waals surface area contributed by atoms with Crippen molar-refractivity contribution in [2.75, 3.05) is 16.8 Å². The van der Waals surface area contributed by atoms with Crippen molar-refractivity contribution in [2.45, 2.75) is 39.2 Å². The molecule has 0 unspecified atom stereocenters. The summed E-state index contributed by atoms with van der Waals surface area (Å²) in [4.78, 5) is 0. The number of hydrogen-bond acceptors (Lipinski definition) is 2. The molecule has 0 aliphatic carbocycles. The van der Waals surface area contributed by atoms with E-state index in [1.165, 1.54) is 16.8 Å². The van der Waals surface area contributed by atoms with E-state index in [0.29, 0.717) is 6.04 Å². The zero-order chi connectivity index (χ0) is 12.3. The number of anilines is 1. The molecular formula is C14H21NOS. The summed E-state index contributed by atoms with van der Waals surface area (Å²) in [5.74, 6) is 1.70. The maximum Gasteiger partial charge on any atom is 0.0404 e. The van der Waals surface area contributed by atoms with E-state index in [1.807, 2.05) is 0 Å². The maximum absolute atomic E-state index is 11.3. The average molecular weight is 251 g/mol. The molecule has 3 heteroatoms. The van der Waals surface area contributed by atoms with Crippen molar-refractivity contribution in [1.29, 1.82) is 0 Å². The Morgan fingerprint density at radius 3 is 2.71 bits per heavy atom. The van der Waals surface area contributed by atoms with Crippen molar-refractivity contribution in [3.8, 4) is 0 Å². The highest BCUT2D eigenvalue weighted by Gasteiger charge is 2.18. The first-order valence-corrected chi connectivity index (χ1v) is 7.89. The van der Waals surface area contributed by atoms with E-state index in [9.17, 15) is 4.21 Å². The number of benzene rings is 1. The van der Waals surface area contributed by atoms with Crippen LogP contribution in [0, 0.1) is 6.92 Å². The van der Waals surface area contributed by atoms with E-state index in [2.05, 4.69) is 37.4 Å². The summed E-state index contributed by atoms with van der Waals surface area (Å²) in [6, 6.07) is 6.97. The van der Waals surface area contributed by atoms with Gasteiger partial charge in [0.05, 0.1) is 0 Å². The van der Waals surface area contributed by atoms with E-state index in [1.54, 1.807) is 0 Å². The smallest absolute Gasteiger partial charge is 0.0404 e. The Labute approximate surface area is 106 Å². The predicted octanol–water partition coefficient (Wildman–Crippen LogP) is 2.88. The Balaban J connectivity index is 2.10. The lowest BCUT2D eigenvalue weighted by molar-refractivity contribution is 0.623. The van der Waals surface area contributed by atoms with Gasteiger partial charge in [0.2, 0.25) is 0 Å². The Morgan fingerprint density at radius 2 is 2.06 bits per heavy atom. The summed E-state index contributed by atoms with van der Waals surface area (Å²) in [6.07, 6.45) is 3.12. The molecule has 1 N–H and O–H groups in total. The van der Waals surface area contributed by atoms with Gasteiger partial charge in [0.25, 0.3) is 0 Å². The standard InChI is InChI=1S/C14H21NOS/c1-3-12-6-4-5-11(2)14(12)15-13-7-9-17(16)10-8-13/h4-6,13,15H,3,7-10H2,1-2H3. The molecule has 0 aromatic heterocycles. The van der Waals surface area contributed by atoms with Gasteiger partial charge in [-0.05, 0) is 37.3 Å². The Morgan fingerprint density at radius 1 is 1.35 bits per heavy atom. The average Bonchev–Trinajstić information content (AvgIpc) is 2.34. The molecule has 1 aromatic rings. The van der Waals surface area contributed by atoms with Gasteiger partial charge in [-0.3, -0.25) is 4.21 Å². The molecule has 0 spiro atoms. The van der Waals surface area contributed by atoms with Crippen LogP contribution in [0.3, 0.4) is 0 Å². The van der Waals surface area contributed by atoms with Crippen LogP contribution < -0.4 is 5.32 Å². The monoisotopic (exact) mass is 251 g/mol. The zero-order valence-electron chi connectivity index (χ0n) is 10.7. The molecule has 0 atom stereocenters. The highest BCUT2D eigenvalue weighted by molar-refractivity contribution is 7.85. The normalized spacial score (nSPS) is 24.6. The molecule has 0 radical (unpaired) electrons. The van der Waals surface area contributed by atoms with E-state index in [0.717, 1.165) is 30.8 Å². The first kappa shape index (κ1) is 12.6. The summed E-state index contributed by atoms with van der Waals surface area (Å²) >= 11 is 0. The summed E-state index contributed by atoms with van der Waals surface area (Å²) in [5, 5.41) is 3.65. The van der Waals surface area contributed by atoms with Crippen LogP contribution in [0.15, 0.2) is 18.2 Å². The molecule has 2 rings (SSSR count). The molecule has 0 bridgehead atoms. The maximum atomic E-state index is 11.3. The SMILES string of the molecule is CCc1cccc(C)c1NC1CCS(=O)CC1. The minimum Gasteiger partial charge on any atom is -0.382 e. The molecule has 0 saturated carbocycles. The van der Waals surface area contributed by atoms with Crippen molar-refractivity contribution in [1.82, 2.24) is 0 Å². The molecule has 0 amide bonds. The molecule has 1 saturated heterocycles. The van der Waals surface area contributed by atoms with Gasteiger partial charge in [0.1, 0.15) is 0 Å². The van der Waals surface area contributed by atoms with Crippen LogP contribution in [0.5, 0.6) is 0 Å². The minimum atomic E-state index is -0.571. The molecule has 94 valence electrons. The van der Waals surface area contributed by atoms with Crippen molar-refractivity contribution in [2.24, 2.45) is 0 Å². The number of rotatable bonds is 3. The van der Waals surface area contributed by atoms with Crippen LogP contribution in [-0.4, -0.2) is 21.8 Å². The lowest BCUT2D eigenvalue weighted by Gasteiger charge is -2.26. The number of para-hydroxylation sites is 1. The Hall–Kier alpha value is -0.830. The molecule has 1 aromatic carbocycles. The van der Waals surface area contributed by atoms with Gasteiger partial charge in [-0.1, -0.05) is 25.1 Å². The van der Waals surface area contributed by atoms with E-state index in [4.69, 9.17) is 0 Å². The molecule has 1 aliphatic heterocycles. The largest absolute Gasteiger partial charge is 0.382 e. The van der Waals surface area contributed by atoms with Gasteiger partial charge < -0.3 is 5.32 Å². The van der Waals surface area contributed by atoms with Crippen LogP contribution in [0.1, 0.15) is 30.9 Å². The van der Waals surface area contributed by atoms with E-state index < -0.39 is 10.8 Å². The van der Waals surface area contributed by atoms with Crippen LogP contribution >= 0.6 is 0 Å². The quantitative estimate of drug-likeness (QED) is 0.895. The minimum absolute atomic E-state index is 0.499. The van der Waals surface area contributed by atoms with Gasteiger partial charge in [-0.15, -0.1) is 0 Å². The highest BCUT2D eigenvalue weighted by Crippen LogP contribution is 2.24. The third kappa shape index (κ3) is 3.09. The molecule has 1 aliphatic rings. The van der Waals surface area contributed by atoms with Gasteiger partial charge in [0.15, 0.2) is 0 Å². The lowest BCUT2D eigenvalue weighted by Crippen LogP contribution is -2.30. The fourth-order valence-corrected chi connectivity index (χ4v) is 3.67. The number of aryl methyl sites for hydroxylation is 2. The van der Waals surface area contributed by atoms with E-state index >= 15 is 0 Å². The summed E-state index contributed by atoms with van der Waals surface area (Å²) < 4.78 is 11.3. The van der Waals surface area contributed by atoms with Crippen molar-refractivity contribution in [3.63, 3.8) is 0 Å². The van der Waals surface area contributed by atoms with Gasteiger partial charge in [-0.25, -0.2) is 0 Å². The third-order valence-corrected chi connectivity index (χ3v) is 4.86. The predicted molar refractivity (Wildman–Crippen MR) is 75.1 cm³/mol. The van der Waals surface area contributed by atoms with Crippen molar-refractivity contribution in [3.05, 3.63) is 29.3 Å². The van der Waals surface area contributed by atoms with Crippen LogP contribution in [0.2, 0.25) is 0 Å². The second-order valence-electron chi connectivity index (χ2n) is 4.73. The highest BCUT2D eigenvalue weighted by atomic mass is 32.2. The van der Waals surface area contributed by atoms with Gasteiger partial charge in [0, 0.05) is 34.0 Å². The molecule has 17 heavy (non-hydrogen) atoms. The first-order valence-electron chi connectivity index (χ1n) is 6.40. The van der Waals surface area contributed by atoms with Crippen LogP contribution in [0.25, 0.3) is 0 Å². The molecular weight excluding hydrogens is 230 g/mol. The summed E-state index contributed by atoms with van der Waals surface area (Å²) in [7, 11) is -0.571. The number of hydrogen-bond donors (Lipinski definition) is 1. The fourth-order valence-electron chi connectivity index (χ4n) is 2.37. The summed E-state index contributed by atoms with van der Waals surface area (Å²) in [6.45, 7) is 4.35. The zero-order valence-corrected chi connectivity index (χ0v) is 11.5. The second-order valence-corrected chi connectivity index (χ2v) is 6.43.